The van der Waals surface area contributed by atoms with Crippen LogP contribution in [-0.2, 0) is 0 Å². The van der Waals surface area contributed by atoms with E-state index in [1.165, 1.54) is 6.20 Å². The molecule has 0 unspecified atom stereocenters. The number of hydrogen-bond donors (Lipinski definition) is 2. The lowest BCUT2D eigenvalue weighted by atomic mass is 10.1. The highest BCUT2D eigenvalue weighted by atomic mass is 79.9. The Kier molecular flexibility index (Phi) is 2.36. The number of rotatable bonds is 2. The Morgan fingerprint density at radius 1 is 1.67 bits per heavy atom. The van der Waals surface area contributed by atoms with Crippen LogP contribution >= 0.6 is 15.9 Å². The van der Waals surface area contributed by atoms with Gasteiger partial charge in [-0.3, -0.25) is 5.10 Å². The molecule has 0 saturated carbocycles. The van der Waals surface area contributed by atoms with Crippen LogP contribution in [0.4, 0.5) is 0 Å². The summed E-state index contributed by atoms with van der Waals surface area (Å²) in [5, 5.41) is 15.2. The van der Waals surface area contributed by atoms with Gasteiger partial charge < -0.3 is 9.52 Å². The Labute approximate surface area is 93.2 Å². The fourth-order valence-electron chi connectivity index (χ4n) is 1.31. The number of carboxylic acids is 1. The molecule has 5 nitrogen and oxygen atoms in total. The molecule has 2 aromatic rings. The summed E-state index contributed by atoms with van der Waals surface area (Å²) in [6.45, 7) is 1.83. The number of carboxylic acid groups (broad SMARTS) is 1. The standard InChI is InChI=1S/C9H7BrN2O3/c1-4-2-6(10)15-8(4)7-5(9(13)14)3-11-12-7/h2-3H,1H3,(H,11,12)(H,13,14). The van der Waals surface area contributed by atoms with E-state index in [-0.39, 0.29) is 5.56 Å². The van der Waals surface area contributed by atoms with Gasteiger partial charge in [0.2, 0.25) is 0 Å². The molecule has 0 aliphatic heterocycles. The summed E-state index contributed by atoms with van der Waals surface area (Å²) in [6.07, 6.45) is 1.26. The third-order valence-corrected chi connectivity index (χ3v) is 2.38. The third-order valence-electron chi connectivity index (χ3n) is 1.98. The van der Waals surface area contributed by atoms with Crippen molar-refractivity contribution in [2.45, 2.75) is 6.92 Å². The highest BCUT2D eigenvalue weighted by Gasteiger charge is 2.18. The second-order valence-corrected chi connectivity index (χ2v) is 3.81. The highest BCUT2D eigenvalue weighted by molar-refractivity contribution is 9.10. The Bertz CT molecular complexity index is 515. The Morgan fingerprint density at radius 3 is 2.93 bits per heavy atom. The van der Waals surface area contributed by atoms with E-state index >= 15 is 0 Å². The SMILES string of the molecule is Cc1cc(Br)oc1-c1[nH]ncc1C(=O)O. The van der Waals surface area contributed by atoms with Crippen molar-refractivity contribution < 1.29 is 14.3 Å². The van der Waals surface area contributed by atoms with Crippen LogP contribution in [0.2, 0.25) is 0 Å². The average Bonchev–Trinajstić information content (AvgIpc) is 2.71. The van der Waals surface area contributed by atoms with Gasteiger partial charge in [0.05, 0.1) is 6.20 Å². The van der Waals surface area contributed by atoms with Gasteiger partial charge in [-0.05, 0) is 34.5 Å². The van der Waals surface area contributed by atoms with Gasteiger partial charge in [0, 0.05) is 0 Å². The molecule has 2 N–H and O–H groups in total. The maximum absolute atomic E-state index is 10.9. The van der Waals surface area contributed by atoms with E-state index in [2.05, 4.69) is 26.1 Å². The normalized spacial score (nSPS) is 10.5. The van der Waals surface area contributed by atoms with Crippen LogP contribution in [0.15, 0.2) is 21.3 Å². The van der Waals surface area contributed by atoms with Crippen molar-refractivity contribution in [1.82, 2.24) is 10.2 Å². The summed E-state index contributed by atoms with van der Waals surface area (Å²) in [4.78, 5) is 10.9. The average molecular weight is 271 g/mol. The Hall–Kier alpha value is -1.56. The minimum atomic E-state index is -1.04. The number of aromatic nitrogens is 2. The van der Waals surface area contributed by atoms with Gasteiger partial charge in [-0.2, -0.15) is 5.10 Å². The van der Waals surface area contributed by atoms with Crippen molar-refractivity contribution in [2.24, 2.45) is 0 Å². The summed E-state index contributed by atoms with van der Waals surface area (Å²) < 4.78 is 5.89. The molecular weight excluding hydrogens is 264 g/mol. The maximum Gasteiger partial charge on any atom is 0.339 e. The number of aromatic carboxylic acids is 1. The topological polar surface area (TPSA) is 79.1 Å². The molecule has 0 spiro atoms. The predicted molar refractivity (Wildman–Crippen MR) is 55.7 cm³/mol. The van der Waals surface area contributed by atoms with Gasteiger partial charge in [0.15, 0.2) is 10.4 Å². The zero-order valence-corrected chi connectivity index (χ0v) is 9.33. The summed E-state index contributed by atoms with van der Waals surface area (Å²) in [5.41, 5.74) is 1.32. The van der Waals surface area contributed by atoms with E-state index in [4.69, 9.17) is 9.52 Å². The summed E-state index contributed by atoms with van der Waals surface area (Å²) in [5.74, 6) is -0.553. The summed E-state index contributed by atoms with van der Waals surface area (Å²) >= 11 is 3.18. The molecule has 0 aliphatic carbocycles. The van der Waals surface area contributed by atoms with Gasteiger partial charge in [-0.1, -0.05) is 0 Å². The fraction of sp³-hybridized carbons (Fsp3) is 0.111. The predicted octanol–water partition coefficient (Wildman–Crippen LogP) is 2.44. The number of aryl methyl sites for hydroxylation is 1. The zero-order valence-electron chi connectivity index (χ0n) is 7.74. The fourth-order valence-corrected chi connectivity index (χ4v) is 1.82. The molecular formula is C9H7BrN2O3. The molecule has 15 heavy (non-hydrogen) atoms. The second kappa shape index (κ2) is 3.54. The van der Waals surface area contributed by atoms with Crippen LogP contribution < -0.4 is 0 Å². The molecule has 0 aromatic carbocycles. The van der Waals surface area contributed by atoms with Crippen LogP contribution in [0.1, 0.15) is 15.9 Å². The van der Waals surface area contributed by atoms with E-state index in [0.717, 1.165) is 5.56 Å². The molecule has 0 aliphatic rings. The second-order valence-electron chi connectivity index (χ2n) is 3.03. The Morgan fingerprint density at radius 2 is 2.40 bits per heavy atom. The molecule has 2 rings (SSSR count). The number of aromatic amines is 1. The molecule has 78 valence electrons. The van der Waals surface area contributed by atoms with Crippen LogP contribution in [0.5, 0.6) is 0 Å². The Balaban J connectivity index is 2.58. The van der Waals surface area contributed by atoms with E-state index in [1.807, 2.05) is 6.92 Å². The van der Waals surface area contributed by atoms with Gasteiger partial charge >= 0.3 is 5.97 Å². The van der Waals surface area contributed by atoms with Crippen LogP contribution in [0, 0.1) is 6.92 Å². The molecule has 0 radical (unpaired) electrons. The maximum atomic E-state index is 10.9. The monoisotopic (exact) mass is 270 g/mol. The highest BCUT2D eigenvalue weighted by Crippen LogP contribution is 2.30. The van der Waals surface area contributed by atoms with Crippen molar-refractivity contribution in [3.05, 3.63) is 28.1 Å². The number of hydrogen-bond acceptors (Lipinski definition) is 3. The van der Waals surface area contributed by atoms with Crippen molar-refractivity contribution in [3.63, 3.8) is 0 Å². The number of halogens is 1. The van der Waals surface area contributed by atoms with Gasteiger partial charge in [0.25, 0.3) is 0 Å². The molecule has 0 fully saturated rings. The summed E-state index contributed by atoms with van der Waals surface area (Å²) in [6, 6.07) is 1.77. The molecule has 6 heteroatoms. The number of carbonyl (C=O) groups is 1. The molecule has 0 bridgehead atoms. The van der Waals surface area contributed by atoms with Crippen LogP contribution in [0.25, 0.3) is 11.5 Å². The van der Waals surface area contributed by atoms with Gasteiger partial charge in [-0.15, -0.1) is 0 Å². The molecule has 2 heterocycles. The van der Waals surface area contributed by atoms with E-state index < -0.39 is 5.97 Å². The number of furan rings is 1. The number of nitrogens with one attached hydrogen (secondary N) is 1. The van der Waals surface area contributed by atoms with Crippen molar-refractivity contribution >= 4 is 21.9 Å². The first kappa shape index (κ1) is 9.97. The quantitative estimate of drug-likeness (QED) is 0.879. The lowest BCUT2D eigenvalue weighted by molar-refractivity contribution is 0.0697. The van der Waals surface area contributed by atoms with E-state index in [1.54, 1.807) is 6.07 Å². The lowest BCUT2D eigenvalue weighted by Gasteiger charge is -1.96. The molecule has 0 atom stereocenters. The van der Waals surface area contributed by atoms with E-state index in [9.17, 15) is 4.79 Å². The number of nitrogens with zero attached hydrogens (tertiary/aromatic N) is 1. The molecule has 0 amide bonds. The van der Waals surface area contributed by atoms with Gasteiger partial charge in [0.1, 0.15) is 11.3 Å². The van der Waals surface area contributed by atoms with E-state index in [0.29, 0.717) is 16.1 Å². The first-order valence-corrected chi connectivity index (χ1v) is 4.92. The summed E-state index contributed by atoms with van der Waals surface area (Å²) in [7, 11) is 0. The molecule has 2 aromatic heterocycles. The lowest BCUT2D eigenvalue weighted by Crippen LogP contribution is -1.96. The third kappa shape index (κ3) is 1.68. The minimum Gasteiger partial charge on any atom is -0.478 e. The minimum absolute atomic E-state index is 0.0972. The number of H-pyrrole nitrogens is 1. The van der Waals surface area contributed by atoms with Crippen molar-refractivity contribution in [2.75, 3.05) is 0 Å². The largest absolute Gasteiger partial charge is 0.478 e. The van der Waals surface area contributed by atoms with Crippen molar-refractivity contribution in [3.8, 4) is 11.5 Å². The van der Waals surface area contributed by atoms with Gasteiger partial charge in [-0.25, -0.2) is 4.79 Å². The first-order valence-electron chi connectivity index (χ1n) is 4.12. The smallest absolute Gasteiger partial charge is 0.339 e. The molecule has 0 saturated heterocycles. The van der Waals surface area contributed by atoms with Crippen molar-refractivity contribution in [1.29, 1.82) is 0 Å². The first-order chi connectivity index (χ1) is 7.09. The van der Waals surface area contributed by atoms with Crippen LogP contribution in [0.3, 0.4) is 0 Å². The zero-order chi connectivity index (χ0) is 11.0. The van der Waals surface area contributed by atoms with Crippen LogP contribution in [-0.4, -0.2) is 21.3 Å².